The Labute approximate surface area is 165 Å². The number of fused-ring (bicyclic) bond motifs is 2. The van der Waals surface area contributed by atoms with Crippen LogP contribution in [0.25, 0.3) is 21.7 Å². The number of esters is 1. The Bertz CT molecular complexity index is 1270. The summed E-state index contributed by atoms with van der Waals surface area (Å²) < 4.78 is 6.70. The normalized spacial score (nSPS) is 11.1. The predicted molar refractivity (Wildman–Crippen MR) is 108 cm³/mol. The van der Waals surface area contributed by atoms with E-state index in [-0.39, 0.29) is 23.0 Å². The summed E-state index contributed by atoms with van der Waals surface area (Å²) in [6.07, 6.45) is 0. The van der Waals surface area contributed by atoms with Crippen molar-refractivity contribution in [1.29, 1.82) is 0 Å². The topological polar surface area (TPSA) is 74.1 Å². The molecule has 0 aliphatic heterocycles. The van der Waals surface area contributed by atoms with Crippen LogP contribution in [0.5, 0.6) is 0 Å². The molecule has 0 aliphatic carbocycles. The lowest BCUT2D eigenvalue weighted by Crippen LogP contribution is -2.25. The van der Waals surface area contributed by atoms with Gasteiger partial charge >= 0.3 is 5.97 Å². The molecule has 7 heteroatoms. The predicted octanol–water partition coefficient (Wildman–Crippen LogP) is 3.98. The van der Waals surface area contributed by atoms with Gasteiger partial charge in [-0.1, -0.05) is 48.0 Å². The third kappa shape index (κ3) is 3.23. The first-order valence-corrected chi connectivity index (χ1v) is 9.17. The van der Waals surface area contributed by atoms with Crippen LogP contribution in [0, 0.1) is 0 Å². The molecule has 0 unspecified atom stereocenters. The van der Waals surface area contributed by atoms with E-state index in [2.05, 4.69) is 10.1 Å². The van der Waals surface area contributed by atoms with Gasteiger partial charge in [0.15, 0.2) is 5.69 Å². The average molecular weight is 394 g/mol. The van der Waals surface area contributed by atoms with Crippen LogP contribution in [-0.4, -0.2) is 20.7 Å². The van der Waals surface area contributed by atoms with Gasteiger partial charge in [0.2, 0.25) is 0 Å². The number of rotatable bonds is 4. The fourth-order valence-corrected chi connectivity index (χ4v) is 3.25. The molecule has 28 heavy (non-hydrogen) atoms. The van der Waals surface area contributed by atoms with Crippen molar-refractivity contribution in [2.45, 2.75) is 20.1 Å². The minimum absolute atomic E-state index is 0.0449. The maximum atomic E-state index is 12.7. The second-order valence-electron chi connectivity index (χ2n) is 6.22. The minimum Gasteiger partial charge on any atom is -0.456 e. The Balaban J connectivity index is 1.67. The number of aromatic nitrogens is 3. The van der Waals surface area contributed by atoms with Gasteiger partial charge in [-0.15, -0.1) is 0 Å². The molecule has 140 valence electrons. The van der Waals surface area contributed by atoms with Crippen molar-refractivity contribution in [3.05, 3.63) is 81.4 Å². The summed E-state index contributed by atoms with van der Waals surface area (Å²) >= 11 is 6.23. The number of para-hydroxylation sites is 1. The third-order valence-corrected chi connectivity index (χ3v) is 4.80. The molecule has 0 atom stereocenters. The number of benzene rings is 2. The lowest BCUT2D eigenvalue weighted by Gasteiger charge is -2.10. The van der Waals surface area contributed by atoms with Crippen molar-refractivity contribution in [3.63, 3.8) is 0 Å². The monoisotopic (exact) mass is 393 g/mol. The molecule has 2 heterocycles. The SMILES string of the molecule is CCn1nc(C(=O)OCc2cc3ccccc3nc2Cl)c2ccccc2c1=O. The highest BCUT2D eigenvalue weighted by Crippen LogP contribution is 2.22. The summed E-state index contributed by atoms with van der Waals surface area (Å²) in [4.78, 5) is 29.5. The first-order chi connectivity index (χ1) is 13.6. The van der Waals surface area contributed by atoms with E-state index < -0.39 is 5.97 Å². The van der Waals surface area contributed by atoms with Crippen LogP contribution in [0.4, 0.5) is 0 Å². The van der Waals surface area contributed by atoms with Crippen LogP contribution in [0.3, 0.4) is 0 Å². The molecule has 0 aliphatic rings. The zero-order chi connectivity index (χ0) is 19.7. The Morgan fingerprint density at radius 1 is 1.11 bits per heavy atom. The number of halogens is 1. The van der Waals surface area contributed by atoms with Crippen molar-refractivity contribution in [1.82, 2.24) is 14.8 Å². The number of ether oxygens (including phenoxy) is 1. The number of carbonyl (C=O) groups is 1. The van der Waals surface area contributed by atoms with Crippen LogP contribution < -0.4 is 5.56 Å². The minimum atomic E-state index is -0.623. The maximum Gasteiger partial charge on any atom is 0.359 e. The van der Waals surface area contributed by atoms with E-state index in [4.69, 9.17) is 16.3 Å². The van der Waals surface area contributed by atoms with Gasteiger partial charge in [0.1, 0.15) is 11.8 Å². The molecule has 0 saturated heterocycles. The molecule has 0 spiro atoms. The third-order valence-electron chi connectivity index (χ3n) is 4.47. The fourth-order valence-electron chi connectivity index (χ4n) is 3.05. The Morgan fingerprint density at radius 2 is 1.82 bits per heavy atom. The lowest BCUT2D eigenvalue weighted by atomic mass is 10.1. The average Bonchev–Trinajstić information content (AvgIpc) is 2.72. The van der Waals surface area contributed by atoms with Gasteiger partial charge in [0.25, 0.3) is 5.56 Å². The summed E-state index contributed by atoms with van der Waals surface area (Å²) in [7, 11) is 0. The summed E-state index contributed by atoms with van der Waals surface area (Å²) in [5.74, 6) is -0.623. The zero-order valence-corrected chi connectivity index (χ0v) is 15.8. The smallest absolute Gasteiger partial charge is 0.359 e. The lowest BCUT2D eigenvalue weighted by molar-refractivity contribution is 0.0465. The van der Waals surface area contributed by atoms with Crippen LogP contribution in [0.1, 0.15) is 23.0 Å². The van der Waals surface area contributed by atoms with Crippen molar-refractivity contribution in [2.75, 3.05) is 0 Å². The Hall–Kier alpha value is -3.25. The molecular weight excluding hydrogens is 378 g/mol. The summed E-state index contributed by atoms with van der Waals surface area (Å²) in [6.45, 7) is 2.10. The van der Waals surface area contributed by atoms with Crippen LogP contribution >= 0.6 is 11.6 Å². The molecule has 0 radical (unpaired) electrons. The molecule has 4 aromatic rings. The van der Waals surface area contributed by atoms with Crippen LogP contribution in [0.15, 0.2) is 59.4 Å². The summed E-state index contributed by atoms with van der Waals surface area (Å²) in [5, 5.41) is 6.26. The van der Waals surface area contributed by atoms with Crippen molar-refractivity contribution >= 4 is 39.2 Å². The first-order valence-electron chi connectivity index (χ1n) is 8.79. The number of pyridine rings is 1. The second-order valence-corrected chi connectivity index (χ2v) is 6.58. The van der Waals surface area contributed by atoms with Gasteiger partial charge in [-0.25, -0.2) is 14.5 Å². The number of carbonyl (C=O) groups excluding carboxylic acids is 1. The van der Waals surface area contributed by atoms with Gasteiger partial charge in [-0.05, 0) is 25.1 Å². The highest BCUT2D eigenvalue weighted by Gasteiger charge is 2.18. The van der Waals surface area contributed by atoms with E-state index in [1.54, 1.807) is 31.2 Å². The van der Waals surface area contributed by atoms with E-state index >= 15 is 0 Å². The molecule has 0 saturated carbocycles. The molecule has 0 fully saturated rings. The fraction of sp³-hybridized carbons (Fsp3) is 0.143. The van der Waals surface area contributed by atoms with Gasteiger partial charge in [0.05, 0.1) is 10.9 Å². The van der Waals surface area contributed by atoms with Gasteiger partial charge in [0, 0.05) is 22.9 Å². The number of nitrogens with zero attached hydrogens (tertiary/aromatic N) is 3. The van der Waals surface area contributed by atoms with Crippen molar-refractivity contribution < 1.29 is 9.53 Å². The second kappa shape index (κ2) is 7.40. The standard InChI is InChI=1S/C21H16ClN3O3/c1-2-25-20(26)16-9-5-4-8-15(16)18(24-25)21(27)28-12-14-11-13-7-3-6-10-17(13)23-19(14)22/h3-11H,2,12H2,1H3. The van der Waals surface area contributed by atoms with Crippen molar-refractivity contribution in [2.24, 2.45) is 0 Å². The molecular formula is C21H16ClN3O3. The maximum absolute atomic E-state index is 12.7. The molecule has 2 aromatic heterocycles. The molecule has 0 amide bonds. The first kappa shape index (κ1) is 18.1. The van der Waals surface area contributed by atoms with Crippen molar-refractivity contribution in [3.8, 4) is 0 Å². The van der Waals surface area contributed by atoms with E-state index in [0.29, 0.717) is 22.9 Å². The number of hydrogen-bond donors (Lipinski definition) is 0. The highest BCUT2D eigenvalue weighted by molar-refractivity contribution is 6.30. The zero-order valence-electron chi connectivity index (χ0n) is 15.1. The van der Waals surface area contributed by atoms with E-state index in [1.165, 1.54) is 4.68 Å². The Morgan fingerprint density at radius 3 is 2.61 bits per heavy atom. The Kier molecular flexibility index (Phi) is 4.79. The molecule has 4 rings (SSSR count). The molecule has 2 aromatic carbocycles. The van der Waals surface area contributed by atoms with E-state index in [9.17, 15) is 9.59 Å². The van der Waals surface area contributed by atoms with Crippen LogP contribution in [-0.2, 0) is 17.9 Å². The molecule has 0 N–H and O–H groups in total. The highest BCUT2D eigenvalue weighted by atomic mass is 35.5. The quantitative estimate of drug-likeness (QED) is 0.387. The van der Waals surface area contributed by atoms with E-state index in [1.807, 2.05) is 30.3 Å². The van der Waals surface area contributed by atoms with Gasteiger partial charge in [-0.3, -0.25) is 4.79 Å². The van der Waals surface area contributed by atoms with E-state index in [0.717, 1.165) is 10.9 Å². The molecule has 6 nitrogen and oxygen atoms in total. The van der Waals surface area contributed by atoms with Gasteiger partial charge in [-0.2, -0.15) is 5.10 Å². The number of hydrogen-bond acceptors (Lipinski definition) is 5. The largest absolute Gasteiger partial charge is 0.456 e. The van der Waals surface area contributed by atoms with Gasteiger partial charge < -0.3 is 4.74 Å². The molecule has 0 bridgehead atoms. The summed E-state index contributed by atoms with van der Waals surface area (Å²) in [6, 6.07) is 16.3. The van der Waals surface area contributed by atoms with Crippen LogP contribution in [0.2, 0.25) is 5.15 Å². The number of aryl methyl sites for hydroxylation is 1. The summed E-state index contributed by atoms with van der Waals surface area (Å²) in [5.41, 5.74) is 1.23.